The highest BCUT2D eigenvalue weighted by atomic mass is 19.1. The Labute approximate surface area is 256 Å². The third kappa shape index (κ3) is 7.51. The van der Waals surface area contributed by atoms with Crippen LogP contribution < -0.4 is 0 Å². The Morgan fingerprint density at radius 1 is 0.750 bits per heavy atom. The van der Waals surface area contributed by atoms with Crippen molar-refractivity contribution in [3.05, 3.63) is 83.7 Å². The maximum absolute atomic E-state index is 14.6. The Morgan fingerprint density at radius 3 is 1.89 bits per heavy atom. The van der Waals surface area contributed by atoms with Crippen LogP contribution in [-0.2, 0) is 43.5 Å². The molecule has 0 N–H and O–H groups in total. The minimum Gasteiger partial charge on any atom is -0.462 e. The fourth-order valence-electron chi connectivity index (χ4n) is 5.48. The van der Waals surface area contributed by atoms with Gasteiger partial charge in [-0.3, -0.25) is 14.4 Å². The molecule has 0 heterocycles. The van der Waals surface area contributed by atoms with Crippen LogP contribution in [0, 0.1) is 11.7 Å². The van der Waals surface area contributed by atoms with E-state index >= 15 is 0 Å². The number of benzene rings is 3. The number of rotatable bonds is 14. The smallest absolute Gasteiger partial charge is 0.333 e. The van der Waals surface area contributed by atoms with Crippen molar-refractivity contribution in [2.75, 3.05) is 26.4 Å². The van der Waals surface area contributed by atoms with Crippen LogP contribution in [0.2, 0.25) is 0 Å². The predicted octanol–water partition coefficient (Wildman–Crippen LogP) is 6.21. The van der Waals surface area contributed by atoms with E-state index in [0.29, 0.717) is 5.56 Å². The van der Waals surface area contributed by atoms with Crippen molar-refractivity contribution in [2.45, 2.75) is 51.9 Å². The molecule has 0 amide bonds. The molecule has 232 valence electrons. The SMILES string of the molecule is C=C(C)C(=O)OCCOC(=O)CCC1(CCC(=O)OCCOC(=O)C(C)C)c2ccc(F)cc2-c2cc3ccccc3cc21. The second-order valence-electron chi connectivity index (χ2n) is 11.2. The highest BCUT2D eigenvalue weighted by Crippen LogP contribution is 2.55. The average Bonchev–Trinajstić information content (AvgIpc) is 3.25. The minimum absolute atomic E-state index is 0.00226. The number of ether oxygens (including phenoxy) is 4. The fraction of sp³-hybridized carbons (Fsp3) is 0.371. The second kappa shape index (κ2) is 14.3. The molecule has 8 nitrogen and oxygen atoms in total. The van der Waals surface area contributed by atoms with Gasteiger partial charge in [-0.1, -0.05) is 50.8 Å². The number of fused-ring (bicyclic) bond motifs is 4. The molecular weight excluding hydrogens is 567 g/mol. The summed E-state index contributed by atoms with van der Waals surface area (Å²) in [7, 11) is 0. The highest BCUT2D eigenvalue weighted by molar-refractivity contribution is 5.94. The Hall–Kier alpha value is -4.53. The van der Waals surface area contributed by atoms with Crippen molar-refractivity contribution in [3.8, 4) is 11.1 Å². The van der Waals surface area contributed by atoms with E-state index in [1.54, 1.807) is 19.9 Å². The predicted molar refractivity (Wildman–Crippen MR) is 162 cm³/mol. The molecule has 0 aliphatic heterocycles. The van der Waals surface area contributed by atoms with Gasteiger partial charge in [-0.25, -0.2) is 9.18 Å². The van der Waals surface area contributed by atoms with E-state index in [9.17, 15) is 23.6 Å². The lowest BCUT2D eigenvalue weighted by Gasteiger charge is -2.32. The zero-order chi connectivity index (χ0) is 31.9. The molecule has 9 heteroatoms. The molecule has 1 unspecified atom stereocenters. The van der Waals surface area contributed by atoms with E-state index in [-0.39, 0.29) is 69.6 Å². The van der Waals surface area contributed by atoms with Gasteiger partial charge in [0.1, 0.15) is 32.2 Å². The summed E-state index contributed by atoms with van der Waals surface area (Å²) in [4.78, 5) is 49.0. The average molecular weight is 605 g/mol. The number of carbonyl (C=O) groups is 4. The molecule has 4 rings (SSSR count). The first-order valence-corrected chi connectivity index (χ1v) is 14.7. The van der Waals surface area contributed by atoms with Crippen LogP contribution in [0.4, 0.5) is 4.39 Å². The largest absolute Gasteiger partial charge is 0.462 e. The summed E-state index contributed by atoms with van der Waals surface area (Å²) in [6.07, 6.45) is 0.566. The first kappa shape index (κ1) is 32.4. The monoisotopic (exact) mass is 604 g/mol. The molecule has 0 saturated carbocycles. The summed E-state index contributed by atoms with van der Waals surface area (Å²) < 4.78 is 35.4. The summed E-state index contributed by atoms with van der Waals surface area (Å²) in [5, 5.41) is 1.96. The lowest BCUT2D eigenvalue weighted by Crippen LogP contribution is -2.28. The van der Waals surface area contributed by atoms with Crippen molar-refractivity contribution in [2.24, 2.45) is 5.92 Å². The van der Waals surface area contributed by atoms with Crippen LogP contribution in [0.3, 0.4) is 0 Å². The molecule has 0 fully saturated rings. The van der Waals surface area contributed by atoms with E-state index in [1.165, 1.54) is 19.1 Å². The summed E-state index contributed by atoms with van der Waals surface area (Å²) >= 11 is 0. The van der Waals surface area contributed by atoms with Crippen molar-refractivity contribution in [3.63, 3.8) is 0 Å². The van der Waals surface area contributed by atoms with Gasteiger partial charge in [0, 0.05) is 23.8 Å². The molecule has 0 bridgehead atoms. The van der Waals surface area contributed by atoms with Gasteiger partial charge in [0.05, 0.1) is 5.92 Å². The summed E-state index contributed by atoms with van der Waals surface area (Å²) in [6.45, 7) is 8.15. The Balaban J connectivity index is 1.57. The number of hydrogen-bond donors (Lipinski definition) is 0. The Bertz CT molecular complexity index is 1580. The molecule has 1 aliphatic carbocycles. The van der Waals surface area contributed by atoms with Crippen molar-refractivity contribution >= 4 is 34.6 Å². The van der Waals surface area contributed by atoms with Crippen LogP contribution in [0.5, 0.6) is 0 Å². The van der Waals surface area contributed by atoms with Gasteiger partial charge in [-0.05, 0) is 77.1 Å². The fourth-order valence-corrected chi connectivity index (χ4v) is 5.48. The van der Waals surface area contributed by atoms with Crippen LogP contribution in [-0.4, -0.2) is 50.3 Å². The third-order valence-electron chi connectivity index (χ3n) is 7.69. The topological polar surface area (TPSA) is 105 Å². The number of esters is 4. The van der Waals surface area contributed by atoms with Gasteiger partial charge >= 0.3 is 23.9 Å². The van der Waals surface area contributed by atoms with Gasteiger partial charge < -0.3 is 18.9 Å². The summed E-state index contributed by atoms with van der Waals surface area (Å²) in [5.74, 6) is -2.60. The number of hydrogen-bond acceptors (Lipinski definition) is 8. The molecule has 0 aromatic heterocycles. The second-order valence-corrected chi connectivity index (χ2v) is 11.2. The van der Waals surface area contributed by atoms with E-state index in [1.807, 2.05) is 36.4 Å². The van der Waals surface area contributed by atoms with Gasteiger partial charge in [0.2, 0.25) is 0 Å². The molecule has 1 aliphatic rings. The first-order chi connectivity index (χ1) is 21.0. The van der Waals surface area contributed by atoms with Crippen LogP contribution in [0.25, 0.3) is 21.9 Å². The van der Waals surface area contributed by atoms with Crippen molar-refractivity contribution < 1.29 is 42.5 Å². The molecule has 3 aromatic rings. The lowest BCUT2D eigenvalue weighted by atomic mass is 9.71. The standard InChI is InChI=1S/C35H37FO8/c1-22(2)33(39)43-17-15-41-31(37)11-13-35(14-12-32(38)42-16-18-44-34(40)23(3)4)29-10-9-26(36)21-28(29)27-19-24-7-5-6-8-25(24)20-30(27)35/h5-10,19-21,23H,1,11-18H2,2-4H3. The van der Waals surface area contributed by atoms with E-state index in [2.05, 4.69) is 6.58 Å². The normalized spacial score (nSPS) is 14.9. The molecule has 0 radical (unpaired) electrons. The maximum atomic E-state index is 14.6. The summed E-state index contributed by atoms with van der Waals surface area (Å²) in [5.41, 5.74) is 2.67. The van der Waals surface area contributed by atoms with Gasteiger partial charge in [-0.15, -0.1) is 0 Å². The van der Waals surface area contributed by atoms with E-state index in [0.717, 1.165) is 27.5 Å². The van der Waals surface area contributed by atoms with Crippen LogP contribution in [0.1, 0.15) is 57.6 Å². The number of carbonyl (C=O) groups excluding carboxylic acids is 4. The van der Waals surface area contributed by atoms with Gasteiger partial charge in [0.25, 0.3) is 0 Å². The minimum atomic E-state index is -0.822. The van der Waals surface area contributed by atoms with Crippen LogP contribution >= 0.6 is 0 Å². The molecule has 1 atom stereocenters. The van der Waals surface area contributed by atoms with E-state index in [4.69, 9.17) is 18.9 Å². The van der Waals surface area contributed by atoms with Gasteiger partial charge in [-0.2, -0.15) is 0 Å². The first-order valence-electron chi connectivity index (χ1n) is 14.7. The Morgan fingerprint density at radius 2 is 1.30 bits per heavy atom. The van der Waals surface area contributed by atoms with Crippen LogP contribution in [0.15, 0.2) is 66.7 Å². The third-order valence-corrected chi connectivity index (χ3v) is 7.69. The zero-order valence-corrected chi connectivity index (χ0v) is 25.3. The van der Waals surface area contributed by atoms with E-state index < -0.39 is 29.1 Å². The lowest BCUT2D eigenvalue weighted by molar-refractivity contribution is -0.154. The van der Waals surface area contributed by atoms with Crippen molar-refractivity contribution in [1.29, 1.82) is 0 Å². The zero-order valence-electron chi connectivity index (χ0n) is 25.3. The van der Waals surface area contributed by atoms with Crippen molar-refractivity contribution in [1.82, 2.24) is 0 Å². The Kier molecular flexibility index (Phi) is 10.5. The molecule has 0 spiro atoms. The van der Waals surface area contributed by atoms with Gasteiger partial charge in [0.15, 0.2) is 0 Å². The molecule has 3 aromatic carbocycles. The molecule has 0 saturated heterocycles. The quantitative estimate of drug-likeness (QED) is 0.0926. The number of halogens is 1. The summed E-state index contributed by atoms with van der Waals surface area (Å²) in [6, 6.07) is 16.5. The highest BCUT2D eigenvalue weighted by Gasteiger charge is 2.44. The molecular formula is C35H37FO8. The molecule has 44 heavy (non-hydrogen) atoms. The maximum Gasteiger partial charge on any atom is 0.333 e.